The minimum Gasteiger partial charge on any atom is -0.454 e. The van der Waals surface area contributed by atoms with Crippen molar-refractivity contribution in [3.05, 3.63) is 94.0 Å². The lowest BCUT2D eigenvalue weighted by atomic mass is 10.1. The van der Waals surface area contributed by atoms with E-state index in [0.717, 1.165) is 5.56 Å². The van der Waals surface area contributed by atoms with Crippen molar-refractivity contribution in [2.45, 2.75) is 6.61 Å². The van der Waals surface area contributed by atoms with Crippen LogP contribution in [0.2, 0.25) is 0 Å². The first kappa shape index (κ1) is 21.0. The topological polar surface area (TPSA) is 105 Å². The number of oxazole rings is 1. The van der Waals surface area contributed by atoms with Gasteiger partial charge >= 0.3 is 5.97 Å². The molecule has 9 nitrogen and oxygen atoms in total. The van der Waals surface area contributed by atoms with Crippen molar-refractivity contribution >= 4 is 33.3 Å². The SMILES string of the molecule is Cn1c(=O)c2sccc2n2c(COC(=O)c3ccccc3-c3ncc(-c4ccccc4)o3)nnc12. The number of rotatable bonds is 5. The van der Waals surface area contributed by atoms with Gasteiger partial charge < -0.3 is 9.15 Å². The molecule has 0 atom stereocenters. The second kappa shape index (κ2) is 8.33. The van der Waals surface area contributed by atoms with Gasteiger partial charge in [0, 0.05) is 12.6 Å². The first-order valence-corrected chi connectivity index (χ1v) is 11.6. The molecule has 4 aromatic heterocycles. The highest BCUT2D eigenvalue weighted by molar-refractivity contribution is 7.17. The van der Waals surface area contributed by atoms with E-state index in [1.165, 1.54) is 15.9 Å². The first-order valence-electron chi connectivity index (χ1n) is 10.7. The van der Waals surface area contributed by atoms with Crippen molar-refractivity contribution in [3.63, 3.8) is 0 Å². The average molecular weight is 484 g/mol. The van der Waals surface area contributed by atoms with Crippen LogP contribution in [-0.2, 0) is 18.4 Å². The smallest absolute Gasteiger partial charge is 0.339 e. The van der Waals surface area contributed by atoms with Crippen molar-refractivity contribution in [1.82, 2.24) is 24.1 Å². The second-order valence-electron chi connectivity index (χ2n) is 7.77. The molecule has 2 aromatic carbocycles. The number of nitrogens with zero attached hydrogens (tertiary/aromatic N) is 5. The molecule has 0 N–H and O–H groups in total. The maximum absolute atomic E-state index is 13.1. The lowest BCUT2D eigenvalue weighted by Crippen LogP contribution is -2.19. The van der Waals surface area contributed by atoms with E-state index in [-0.39, 0.29) is 12.2 Å². The zero-order chi connectivity index (χ0) is 23.9. The number of benzene rings is 2. The lowest BCUT2D eigenvalue weighted by molar-refractivity contribution is 0.0462. The number of carbonyl (C=O) groups excluding carboxylic acids is 1. The quantitative estimate of drug-likeness (QED) is 0.336. The summed E-state index contributed by atoms with van der Waals surface area (Å²) in [5, 5.41) is 10.1. The number of ether oxygens (including phenoxy) is 1. The molecule has 0 amide bonds. The summed E-state index contributed by atoms with van der Waals surface area (Å²) < 4.78 is 15.3. The summed E-state index contributed by atoms with van der Waals surface area (Å²) in [6.07, 6.45) is 1.63. The van der Waals surface area contributed by atoms with Crippen LogP contribution in [0.1, 0.15) is 16.2 Å². The molecule has 0 aliphatic rings. The normalized spacial score (nSPS) is 11.3. The molecule has 10 heteroatoms. The van der Waals surface area contributed by atoms with Crippen molar-refractivity contribution in [1.29, 1.82) is 0 Å². The summed E-state index contributed by atoms with van der Waals surface area (Å²) in [5.41, 5.74) is 2.26. The molecular formula is C25H17N5O4S. The van der Waals surface area contributed by atoms with Gasteiger partial charge in [0.15, 0.2) is 18.2 Å². The Hall–Kier alpha value is -4.57. The third-order valence-electron chi connectivity index (χ3n) is 5.67. The largest absolute Gasteiger partial charge is 0.454 e. The maximum Gasteiger partial charge on any atom is 0.339 e. The van der Waals surface area contributed by atoms with Crippen LogP contribution in [-0.4, -0.2) is 30.1 Å². The summed E-state index contributed by atoms with van der Waals surface area (Å²) in [5.74, 6) is 1.15. The molecule has 0 bridgehead atoms. The van der Waals surface area contributed by atoms with Crippen LogP contribution in [0.25, 0.3) is 38.8 Å². The van der Waals surface area contributed by atoms with Crippen LogP contribution in [0.15, 0.2) is 81.5 Å². The van der Waals surface area contributed by atoms with E-state index in [4.69, 9.17) is 9.15 Å². The Morgan fingerprint density at radius 3 is 2.71 bits per heavy atom. The van der Waals surface area contributed by atoms with Gasteiger partial charge in [-0.3, -0.25) is 13.8 Å². The molecular weight excluding hydrogens is 466 g/mol. The van der Waals surface area contributed by atoms with E-state index in [1.54, 1.807) is 41.9 Å². The first-order chi connectivity index (χ1) is 17.1. The fourth-order valence-electron chi connectivity index (χ4n) is 3.94. The van der Waals surface area contributed by atoms with Crippen LogP contribution in [0.4, 0.5) is 0 Å². The monoisotopic (exact) mass is 483 g/mol. The molecule has 0 aliphatic heterocycles. The Labute approximate surface area is 201 Å². The summed E-state index contributed by atoms with van der Waals surface area (Å²) in [6.45, 7) is -0.127. The Kier molecular flexibility index (Phi) is 5.00. The fraction of sp³-hybridized carbons (Fsp3) is 0.0800. The third kappa shape index (κ3) is 3.51. The third-order valence-corrected chi connectivity index (χ3v) is 6.56. The van der Waals surface area contributed by atoms with E-state index in [9.17, 15) is 9.59 Å². The molecule has 6 rings (SSSR count). The van der Waals surface area contributed by atoms with Gasteiger partial charge in [-0.1, -0.05) is 42.5 Å². The van der Waals surface area contributed by atoms with Crippen LogP contribution in [0, 0.1) is 0 Å². The molecule has 4 heterocycles. The molecule has 0 spiro atoms. The van der Waals surface area contributed by atoms with Gasteiger partial charge in [-0.05, 0) is 23.6 Å². The van der Waals surface area contributed by atoms with Gasteiger partial charge in [-0.25, -0.2) is 9.78 Å². The molecule has 172 valence electrons. The molecule has 0 saturated carbocycles. The predicted octanol–water partition coefficient (Wildman–Crippen LogP) is 4.32. The molecule has 0 fully saturated rings. The van der Waals surface area contributed by atoms with Gasteiger partial charge in [-0.2, -0.15) is 0 Å². The Morgan fingerprint density at radius 1 is 1.06 bits per heavy atom. The van der Waals surface area contributed by atoms with Crippen LogP contribution >= 0.6 is 11.3 Å². The molecule has 0 saturated heterocycles. The Bertz CT molecular complexity index is 1760. The highest BCUT2D eigenvalue weighted by Crippen LogP contribution is 2.29. The van der Waals surface area contributed by atoms with Gasteiger partial charge in [0.1, 0.15) is 4.70 Å². The van der Waals surface area contributed by atoms with Crippen LogP contribution in [0.3, 0.4) is 0 Å². The standard InChI is InChI=1S/C25H17N5O4S/c1-29-23(31)21-18(11-12-35-21)30-20(27-28-25(29)30)14-33-24(32)17-10-6-5-9-16(17)22-26-13-19(34-22)15-7-3-2-4-8-15/h2-13H,14H2,1H3. The van der Waals surface area contributed by atoms with Crippen molar-refractivity contribution < 1.29 is 13.9 Å². The van der Waals surface area contributed by atoms with Gasteiger partial charge in [-0.15, -0.1) is 21.5 Å². The average Bonchev–Trinajstić information content (AvgIpc) is 3.66. The highest BCUT2D eigenvalue weighted by Gasteiger charge is 2.20. The number of thiophene rings is 1. The zero-order valence-corrected chi connectivity index (χ0v) is 19.2. The van der Waals surface area contributed by atoms with E-state index < -0.39 is 5.97 Å². The molecule has 35 heavy (non-hydrogen) atoms. The number of hydrogen-bond donors (Lipinski definition) is 0. The number of esters is 1. The fourth-order valence-corrected chi connectivity index (χ4v) is 4.79. The van der Waals surface area contributed by atoms with E-state index >= 15 is 0 Å². The maximum atomic E-state index is 13.1. The minimum absolute atomic E-state index is 0.127. The molecule has 6 aromatic rings. The van der Waals surface area contributed by atoms with Crippen LogP contribution in [0.5, 0.6) is 0 Å². The van der Waals surface area contributed by atoms with Gasteiger partial charge in [0.05, 0.1) is 22.8 Å². The number of fused-ring (bicyclic) bond motifs is 3. The minimum atomic E-state index is -0.553. The molecule has 0 radical (unpaired) electrons. The van der Waals surface area contributed by atoms with Crippen LogP contribution < -0.4 is 5.56 Å². The van der Waals surface area contributed by atoms with Gasteiger partial charge in [0.25, 0.3) is 5.56 Å². The summed E-state index contributed by atoms with van der Waals surface area (Å²) in [4.78, 5) is 30.0. The number of carbonyl (C=O) groups is 1. The van der Waals surface area contributed by atoms with Crippen molar-refractivity contribution in [2.24, 2.45) is 7.05 Å². The number of aromatic nitrogens is 5. The zero-order valence-electron chi connectivity index (χ0n) is 18.4. The molecule has 0 aliphatic carbocycles. The van der Waals surface area contributed by atoms with Crippen molar-refractivity contribution in [2.75, 3.05) is 0 Å². The number of aryl methyl sites for hydroxylation is 1. The van der Waals surface area contributed by atoms with E-state index in [2.05, 4.69) is 15.2 Å². The number of hydrogen-bond acceptors (Lipinski definition) is 8. The summed E-state index contributed by atoms with van der Waals surface area (Å²) >= 11 is 1.34. The van der Waals surface area contributed by atoms with E-state index in [0.29, 0.717) is 44.6 Å². The predicted molar refractivity (Wildman–Crippen MR) is 130 cm³/mol. The summed E-state index contributed by atoms with van der Waals surface area (Å²) in [7, 11) is 1.64. The highest BCUT2D eigenvalue weighted by atomic mass is 32.1. The van der Waals surface area contributed by atoms with E-state index in [1.807, 2.05) is 41.8 Å². The van der Waals surface area contributed by atoms with Crippen molar-refractivity contribution in [3.8, 4) is 22.8 Å². The Morgan fingerprint density at radius 2 is 1.86 bits per heavy atom. The lowest BCUT2D eigenvalue weighted by Gasteiger charge is -2.08. The van der Waals surface area contributed by atoms with Gasteiger partial charge in [0.2, 0.25) is 11.7 Å². The second-order valence-corrected chi connectivity index (χ2v) is 8.68. The Balaban J connectivity index is 1.30. The molecule has 0 unspecified atom stereocenters. The summed E-state index contributed by atoms with van der Waals surface area (Å²) in [6, 6.07) is 18.4.